The van der Waals surface area contributed by atoms with Crippen LogP contribution < -0.4 is 5.73 Å². The average molecular weight is 194 g/mol. The first-order valence-corrected chi connectivity index (χ1v) is 5.77. The van der Waals surface area contributed by atoms with Crippen LogP contribution in [0.15, 0.2) is 0 Å². The van der Waals surface area contributed by atoms with Crippen LogP contribution in [0.4, 0.5) is 0 Å². The maximum Gasteiger partial charge on any atom is 0.222 e. The van der Waals surface area contributed by atoms with Gasteiger partial charge in [-0.2, -0.15) is 0 Å². The number of hydrogen-bond donors (Lipinski definition) is 1. The molecule has 3 heteroatoms. The van der Waals surface area contributed by atoms with Gasteiger partial charge in [0.05, 0.1) is 0 Å². The topological polar surface area (TPSA) is 46.3 Å². The Kier molecular flexibility index (Phi) is 1.84. The van der Waals surface area contributed by atoms with Gasteiger partial charge in [0.15, 0.2) is 0 Å². The molecule has 3 fully saturated rings. The minimum absolute atomic E-state index is 0.399. The second kappa shape index (κ2) is 2.96. The average Bonchev–Trinajstić information content (AvgIpc) is 3.06. The van der Waals surface area contributed by atoms with Crippen molar-refractivity contribution in [2.75, 3.05) is 19.6 Å². The summed E-state index contributed by atoms with van der Waals surface area (Å²) in [5, 5.41) is 0. The SMILES string of the molecule is NCC1C2CN(C(=O)CC3CC3)CC12. The lowest BCUT2D eigenvalue weighted by atomic mass is 10.2. The lowest BCUT2D eigenvalue weighted by molar-refractivity contribution is -0.131. The summed E-state index contributed by atoms with van der Waals surface area (Å²) in [6.07, 6.45) is 3.36. The van der Waals surface area contributed by atoms with Gasteiger partial charge in [-0.05, 0) is 43.1 Å². The van der Waals surface area contributed by atoms with Crippen LogP contribution in [-0.4, -0.2) is 30.4 Å². The van der Waals surface area contributed by atoms with Crippen molar-refractivity contribution in [2.24, 2.45) is 29.4 Å². The number of likely N-dealkylation sites (tertiary alicyclic amines) is 1. The van der Waals surface area contributed by atoms with Crippen LogP contribution in [0.25, 0.3) is 0 Å². The molecule has 0 radical (unpaired) electrons. The summed E-state index contributed by atoms with van der Waals surface area (Å²) >= 11 is 0. The van der Waals surface area contributed by atoms with Crippen molar-refractivity contribution in [1.29, 1.82) is 0 Å². The highest BCUT2D eigenvalue weighted by atomic mass is 16.2. The van der Waals surface area contributed by atoms with Crippen molar-refractivity contribution in [1.82, 2.24) is 4.90 Å². The first kappa shape index (κ1) is 8.72. The third-order valence-corrected chi connectivity index (χ3v) is 4.16. The molecule has 2 N–H and O–H groups in total. The van der Waals surface area contributed by atoms with Gasteiger partial charge in [-0.1, -0.05) is 0 Å². The molecule has 3 aliphatic rings. The largest absolute Gasteiger partial charge is 0.342 e. The fraction of sp³-hybridized carbons (Fsp3) is 0.909. The van der Waals surface area contributed by atoms with E-state index in [0.29, 0.717) is 5.91 Å². The maximum absolute atomic E-state index is 11.8. The van der Waals surface area contributed by atoms with Crippen molar-refractivity contribution < 1.29 is 4.79 Å². The van der Waals surface area contributed by atoms with Gasteiger partial charge < -0.3 is 10.6 Å². The molecular formula is C11H18N2O. The van der Waals surface area contributed by atoms with E-state index >= 15 is 0 Å². The van der Waals surface area contributed by atoms with Crippen LogP contribution in [-0.2, 0) is 4.79 Å². The van der Waals surface area contributed by atoms with E-state index in [1.165, 1.54) is 12.8 Å². The zero-order valence-corrected chi connectivity index (χ0v) is 8.48. The van der Waals surface area contributed by atoms with E-state index < -0.39 is 0 Å². The van der Waals surface area contributed by atoms with Crippen LogP contribution in [0.2, 0.25) is 0 Å². The summed E-state index contributed by atoms with van der Waals surface area (Å²) in [6, 6.07) is 0. The van der Waals surface area contributed by atoms with Gasteiger partial charge >= 0.3 is 0 Å². The molecule has 0 aromatic rings. The molecule has 2 saturated carbocycles. The van der Waals surface area contributed by atoms with E-state index in [1.807, 2.05) is 0 Å². The maximum atomic E-state index is 11.8. The highest BCUT2D eigenvalue weighted by Crippen LogP contribution is 2.51. The summed E-state index contributed by atoms with van der Waals surface area (Å²) in [4.78, 5) is 13.8. The molecule has 1 aliphatic heterocycles. The Hall–Kier alpha value is -0.570. The lowest BCUT2D eigenvalue weighted by Crippen LogP contribution is -2.32. The molecule has 1 saturated heterocycles. The number of hydrogen-bond acceptors (Lipinski definition) is 2. The molecule has 0 bridgehead atoms. The minimum atomic E-state index is 0.399. The van der Waals surface area contributed by atoms with Gasteiger partial charge in [-0.15, -0.1) is 0 Å². The third-order valence-electron chi connectivity index (χ3n) is 4.16. The second-order valence-electron chi connectivity index (χ2n) is 5.17. The fourth-order valence-corrected chi connectivity index (χ4v) is 2.90. The molecule has 1 amide bonds. The van der Waals surface area contributed by atoms with E-state index in [0.717, 1.165) is 49.7 Å². The highest BCUT2D eigenvalue weighted by molar-refractivity contribution is 5.77. The number of carbonyl (C=O) groups is 1. The van der Waals surface area contributed by atoms with E-state index in [9.17, 15) is 4.79 Å². The van der Waals surface area contributed by atoms with E-state index in [-0.39, 0.29) is 0 Å². The monoisotopic (exact) mass is 194 g/mol. The lowest BCUT2D eigenvalue weighted by Gasteiger charge is -2.19. The van der Waals surface area contributed by atoms with E-state index in [2.05, 4.69) is 4.90 Å². The van der Waals surface area contributed by atoms with Gasteiger partial charge in [0.1, 0.15) is 0 Å². The van der Waals surface area contributed by atoms with E-state index in [1.54, 1.807) is 0 Å². The number of carbonyl (C=O) groups excluding carboxylic acids is 1. The fourth-order valence-electron chi connectivity index (χ4n) is 2.90. The first-order chi connectivity index (χ1) is 6.79. The Morgan fingerprint density at radius 2 is 1.93 bits per heavy atom. The summed E-state index contributed by atoms with van der Waals surface area (Å²) in [5.74, 6) is 3.37. The number of nitrogens with zero attached hydrogens (tertiary/aromatic N) is 1. The molecular weight excluding hydrogens is 176 g/mol. The van der Waals surface area contributed by atoms with Gasteiger partial charge in [-0.3, -0.25) is 4.79 Å². The minimum Gasteiger partial charge on any atom is -0.342 e. The molecule has 0 aromatic heterocycles. The Labute approximate surface area is 84.6 Å². The smallest absolute Gasteiger partial charge is 0.222 e. The second-order valence-corrected chi connectivity index (χ2v) is 5.17. The van der Waals surface area contributed by atoms with Crippen molar-refractivity contribution >= 4 is 5.91 Å². The summed E-state index contributed by atoms with van der Waals surface area (Å²) in [7, 11) is 0. The third kappa shape index (κ3) is 1.34. The van der Waals surface area contributed by atoms with Gasteiger partial charge in [-0.25, -0.2) is 0 Å². The zero-order chi connectivity index (χ0) is 9.71. The van der Waals surface area contributed by atoms with Crippen LogP contribution in [0, 0.1) is 23.7 Å². The summed E-state index contributed by atoms with van der Waals surface area (Å²) in [6.45, 7) is 2.82. The molecule has 2 unspecified atom stereocenters. The highest BCUT2D eigenvalue weighted by Gasteiger charge is 2.55. The van der Waals surface area contributed by atoms with Gasteiger partial charge in [0.25, 0.3) is 0 Å². The Morgan fingerprint density at radius 1 is 1.29 bits per heavy atom. The molecule has 1 heterocycles. The quantitative estimate of drug-likeness (QED) is 0.709. The predicted molar refractivity (Wildman–Crippen MR) is 53.4 cm³/mol. The molecule has 2 aliphatic carbocycles. The number of nitrogens with two attached hydrogens (primary N) is 1. The predicted octanol–water partition coefficient (Wildman–Crippen LogP) is 0.450. The standard InChI is InChI=1S/C11H18N2O/c12-4-8-9-5-13(6-10(8)9)11(14)3-7-1-2-7/h7-10H,1-6,12H2. The van der Waals surface area contributed by atoms with E-state index in [4.69, 9.17) is 5.73 Å². The van der Waals surface area contributed by atoms with Crippen molar-refractivity contribution in [3.05, 3.63) is 0 Å². The van der Waals surface area contributed by atoms with Crippen LogP contribution in [0.1, 0.15) is 19.3 Å². The van der Waals surface area contributed by atoms with Crippen LogP contribution >= 0.6 is 0 Å². The Morgan fingerprint density at radius 3 is 2.43 bits per heavy atom. The molecule has 78 valence electrons. The van der Waals surface area contributed by atoms with Gasteiger partial charge in [0, 0.05) is 19.5 Å². The Balaban J connectivity index is 1.50. The number of rotatable bonds is 3. The summed E-state index contributed by atoms with van der Waals surface area (Å²) < 4.78 is 0. The van der Waals surface area contributed by atoms with Crippen molar-refractivity contribution in [3.8, 4) is 0 Å². The Bertz CT molecular complexity index is 250. The molecule has 3 nitrogen and oxygen atoms in total. The molecule has 14 heavy (non-hydrogen) atoms. The van der Waals surface area contributed by atoms with Crippen LogP contribution in [0.5, 0.6) is 0 Å². The molecule has 3 rings (SSSR count). The number of fused-ring (bicyclic) bond motifs is 1. The number of piperidine rings is 1. The van der Waals surface area contributed by atoms with Crippen LogP contribution in [0.3, 0.4) is 0 Å². The normalized spacial score (nSPS) is 39.8. The molecule has 2 atom stereocenters. The molecule has 0 spiro atoms. The first-order valence-electron chi connectivity index (χ1n) is 5.77. The van der Waals surface area contributed by atoms with Gasteiger partial charge in [0.2, 0.25) is 5.91 Å². The number of amides is 1. The summed E-state index contributed by atoms with van der Waals surface area (Å²) in [5.41, 5.74) is 5.63. The van der Waals surface area contributed by atoms with Crippen molar-refractivity contribution in [2.45, 2.75) is 19.3 Å². The van der Waals surface area contributed by atoms with Crippen molar-refractivity contribution in [3.63, 3.8) is 0 Å². The molecule has 0 aromatic carbocycles. The zero-order valence-electron chi connectivity index (χ0n) is 8.48.